The Kier molecular flexibility index (Phi) is 4.77. The Morgan fingerprint density at radius 3 is 2.71 bits per heavy atom. The van der Waals surface area contributed by atoms with Gasteiger partial charge >= 0.3 is 0 Å². The quantitative estimate of drug-likeness (QED) is 0.818. The van der Waals surface area contributed by atoms with Crippen LogP contribution in [0.3, 0.4) is 0 Å². The molecule has 3 N–H and O–H groups in total. The van der Waals surface area contributed by atoms with Crippen LogP contribution in [-0.4, -0.2) is 11.0 Å². The highest BCUT2D eigenvalue weighted by Gasteiger charge is 2.09. The summed E-state index contributed by atoms with van der Waals surface area (Å²) in [5.74, 6) is 1.30. The number of nitrogens with zero attached hydrogens (tertiary/aromatic N) is 2. The average molecular weight is 232 g/mol. The third kappa shape index (κ3) is 3.95. The summed E-state index contributed by atoms with van der Waals surface area (Å²) in [6.07, 6.45) is 3.83. The van der Waals surface area contributed by atoms with Gasteiger partial charge in [-0.2, -0.15) is 5.26 Å². The predicted octanol–water partition coefficient (Wildman–Crippen LogP) is 2.77. The van der Waals surface area contributed by atoms with Crippen molar-refractivity contribution >= 4 is 11.5 Å². The third-order valence-corrected chi connectivity index (χ3v) is 2.67. The Morgan fingerprint density at radius 1 is 1.41 bits per heavy atom. The van der Waals surface area contributed by atoms with Crippen LogP contribution in [0, 0.1) is 17.2 Å². The highest BCUT2D eigenvalue weighted by atomic mass is 15.0. The molecule has 1 heterocycles. The minimum Gasteiger partial charge on any atom is -0.395 e. The zero-order valence-corrected chi connectivity index (χ0v) is 10.7. The summed E-state index contributed by atoms with van der Waals surface area (Å²) in [4.78, 5) is 4.17. The van der Waals surface area contributed by atoms with Crippen molar-refractivity contribution in [1.29, 1.82) is 5.26 Å². The summed E-state index contributed by atoms with van der Waals surface area (Å²) >= 11 is 0. The maximum atomic E-state index is 8.87. The van der Waals surface area contributed by atoms with Crippen LogP contribution >= 0.6 is 0 Å². The van der Waals surface area contributed by atoms with E-state index in [0.717, 1.165) is 12.8 Å². The van der Waals surface area contributed by atoms with E-state index in [1.54, 1.807) is 12.3 Å². The normalized spacial score (nSPS) is 12.2. The SMILES string of the molecule is CC(C)CCC(C)Nc1nccc(C#N)c1N. The van der Waals surface area contributed by atoms with Crippen molar-refractivity contribution in [2.24, 2.45) is 5.92 Å². The Labute approximate surface area is 103 Å². The van der Waals surface area contributed by atoms with Gasteiger partial charge in [0.1, 0.15) is 6.07 Å². The van der Waals surface area contributed by atoms with Gasteiger partial charge < -0.3 is 11.1 Å². The molecule has 92 valence electrons. The van der Waals surface area contributed by atoms with Gasteiger partial charge in [0.15, 0.2) is 5.82 Å². The van der Waals surface area contributed by atoms with E-state index in [2.05, 4.69) is 37.1 Å². The number of pyridine rings is 1. The monoisotopic (exact) mass is 232 g/mol. The lowest BCUT2D eigenvalue weighted by Gasteiger charge is -2.17. The standard InChI is InChI=1S/C13H20N4/c1-9(2)4-5-10(3)17-13-12(15)11(8-14)6-7-16-13/h6-7,9-10H,4-5,15H2,1-3H3,(H,16,17). The van der Waals surface area contributed by atoms with Crippen LogP contribution < -0.4 is 11.1 Å². The molecule has 1 rings (SSSR count). The number of nitrogens with two attached hydrogens (primary N) is 1. The molecule has 4 heteroatoms. The van der Waals surface area contributed by atoms with Gasteiger partial charge in [-0.3, -0.25) is 0 Å². The summed E-state index contributed by atoms with van der Waals surface area (Å²) in [5, 5.41) is 12.1. The number of aromatic nitrogens is 1. The first kappa shape index (κ1) is 13.3. The summed E-state index contributed by atoms with van der Waals surface area (Å²) in [5.41, 5.74) is 6.76. The smallest absolute Gasteiger partial charge is 0.150 e. The maximum absolute atomic E-state index is 8.87. The summed E-state index contributed by atoms with van der Waals surface area (Å²) in [6, 6.07) is 3.99. The van der Waals surface area contributed by atoms with Crippen molar-refractivity contribution in [3.63, 3.8) is 0 Å². The maximum Gasteiger partial charge on any atom is 0.150 e. The highest BCUT2D eigenvalue weighted by molar-refractivity contribution is 5.69. The van der Waals surface area contributed by atoms with Crippen LogP contribution in [0.25, 0.3) is 0 Å². The van der Waals surface area contributed by atoms with Crippen molar-refractivity contribution in [1.82, 2.24) is 4.98 Å². The van der Waals surface area contributed by atoms with Crippen molar-refractivity contribution in [3.05, 3.63) is 17.8 Å². The molecule has 4 nitrogen and oxygen atoms in total. The van der Waals surface area contributed by atoms with Crippen LogP contribution in [0.4, 0.5) is 11.5 Å². The van der Waals surface area contributed by atoms with E-state index >= 15 is 0 Å². The number of nitrogens with one attached hydrogen (secondary N) is 1. The number of hydrogen-bond acceptors (Lipinski definition) is 4. The van der Waals surface area contributed by atoms with E-state index in [1.165, 1.54) is 0 Å². The molecule has 0 bridgehead atoms. The zero-order chi connectivity index (χ0) is 12.8. The molecule has 1 atom stereocenters. The first-order valence-corrected chi connectivity index (χ1v) is 5.95. The predicted molar refractivity (Wildman–Crippen MR) is 70.5 cm³/mol. The molecule has 0 aliphatic carbocycles. The van der Waals surface area contributed by atoms with Crippen LogP contribution in [0.1, 0.15) is 39.2 Å². The molecular formula is C13H20N4. The van der Waals surface area contributed by atoms with E-state index in [9.17, 15) is 0 Å². The zero-order valence-electron chi connectivity index (χ0n) is 10.7. The van der Waals surface area contributed by atoms with Gasteiger partial charge in [0.25, 0.3) is 0 Å². The van der Waals surface area contributed by atoms with Gasteiger partial charge in [0.2, 0.25) is 0 Å². The topological polar surface area (TPSA) is 74.7 Å². The van der Waals surface area contributed by atoms with Gasteiger partial charge in [-0.05, 0) is 31.7 Å². The fourth-order valence-electron chi connectivity index (χ4n) is 1.57. The Morgan fingerprint density at radius 2 is 2.12 bits per heavy atom. The van der Waals surface area contributed by atoms with Crippen molar-refractivity contribution in [3.8, 4) is 6.07 Å². The van der Waals surface area contributed by atoms with E-state index in [0.29, 0.717) is 29.0 Å². The molecule has 1 aromatic rings. The second-order valence-electron chi connectivity index (χ2n) is 4.75. The number of anilines is 2. The number of nitriles is 1. The molecule has 0 aliphatic heterocycles. The summed E-state index contributed by atoms with van der Waals surface area (Å²) < 4.78 is 0. The van der Waals surface area contributed by atoms with E-state index in [1.807, 2.05) is 0 Å². The van der Waals surface area contributed by atoms with Gasteiger partial charge in [-0.1, -0.05) is 13.8 Å². The van der Waals surface area contributed by atoms with Gasteiger partial charge in [-0.15, -0.1) is 0 Å². The van der Waals surface area contributed by atoms with Crippen LogP contribution in [-0.2, 0) is 0 Å². The van der Waals surface area contributed by atoms with Gasteiger partial charge in [0, 0.05) is 12.2 Å². The third-order valence-electron chi connectivity index (χ3n) is 2.67. The summed E-state index contributed by atoms with van der Waals surface area (Å²) in [7, 11) is 0. The molecule has 0 aromatic carbocycles. The molecule has 0 fully saturated rings. The van der Waals surface area contributed by atoms with Gasteiger partial charge in [0.05, 0.1) is 11.3 Å². The first-order valence-electron chi connectivity index (χ1n) is 5.95. The van der Waals surface area contributed by atoms with Gasteiger partial charge in [-0.25, -0.2) is 4.98 Å². The second-order valence-corrected chi connectivity index (χ2v) is 4.75. The second kappa shape index (κ2) is 6.09. The van der Waals surface area contributed by atoms with Crippen LogP contribution in [0.5, 0.6) is 0 Å². The minimum atomic E-state index is 0.307. The van der Waals surface area contributed by atoms with Crippen molar-refractivity contribution in [2.75, 3.05) is 11.1 Å². The van der Waals surface area contributed by atoms with E-state index in [4.69, 9.17) is 11.0 Å². The molecular weight excluding hydrogens is 212 g/mol. The summed E-state index contributed by atoms with van der Waals surface area (Å²) in [6.45, 7) is 6.51. The number of hydrogen-bond donors (Lipinski definition) is 2. The molecule has 17 heavy (non-hydrogen) atoms. The minimum absolute atomic E-state index is 0.307. The molecule has 0 spiro atoms. The fourth-order valence-corrected chi connectivity index (χ4v) is 1.57. The number of nitrogen functional groups attached to an aromatic ring is 1. The highest BCUT2D eigenvalue weighted by Crippen LogP contribution is 2.20. The Bertz CT molecular complexity index is 406. The molecule has 0 saturated carbocycles. The molecule has 0 saturated heterocycles. The lowest BCUT2D eigenvalue weighted by Crippen LogP contribution is -2.18. The first-order chi connectivity index (χ1) is 8.04. The van der Waals surface area contributed by atoms with E-state index in [-0.39, 0.29) is 0 Å². The Balaban J connectivity index is 2.66. The average Bonchev–Trinajstić information content (AvgIpc) is 2.29. The van der Waals surface area contributed by atoms with Crippen LogP contribution in [0.2, 0.25) is 0 Å². The van der Waals surface area contributed by atoms with Crippen molar-refractivity contribution in [2.45, 2.75) is 39.7 Å². The molecule has 1 aromatic heterocycles. The van der Waals surface area contributed by atoms with E-state index < -0.39 is 0 Å². The van der Waals surface area contributed by atoms with Crippen molar-refractivity contribution < 1.29 is 0 Å². The molecule has 0 aliphatic rings. The molecule has 1 unspecified atom stereocenters. The number of rotatable bonds is 5. The van der Waals surface area contributed by atoms with Crippen LogP contribution in [0.15, 0.2) is 12.3 Å². The Hall–Kier alpha value is -1.76. The lowest BCUT2D eigenvalue weighted by atomic mass is 10.0. The fraction of sp³-hybridized carbons (Fsp3) is 0.538. The lowest BCUT2D eigenvalue weighted by molar-refractivity contribution is 0.527. The molecule has 0 amide bonds. The largest absolute Gasteiger partial charge is 0.395 e. The molecule has 0 radical (unpaired) electrons.